The SMILES string of the molecule is C=C/C=C\C(=C/C)Nc1cc(C2CCN(C(=O)OCc3ccccc3)CC2)nc2c(Br)cnn12. The number of halogens is 1. The number of aromatic nitrogens is 3. The number of carbonyl (C=O) groups is 1. The van der Waals surface area contributed by atoms with Crippen LogP contribution in [0.15, 0.2) is 83.6 Å². The van der Waals surface area contributed by atoms with E-state index in [0.717, 1.165) is 45.7 Å². The van der Waals surface area contributed by atoms with Crippen LogP contribution in [-0.2, 0) is 11.3 Å². The highest BCUT2D eigenvalue weighted by Crippen LogP contribution is 2.31. The lowest BCUT2D eigenvalue weighted by Gasteiger charge is -2.31. The number of nitrogens with one attached hydrogen (secondary N) is 1. The Bertz CT molecular complexity index is 1210. The van der Waals surface area contributed by atoms with Crippen LogP contribution < -0.4 is 5.32 Å². The van der Waals surface area contributed by atoms with Crippen molar-refractivity contribution in [1.82, 2.24) is 19.5 Å². The molecule has 1 aromatic carbocycles. The Morgan fingerprint density at radius 1 is 1.29 bits per heavy atom. The van der Waals surface area contributed by atoms with Gasteiger partial charge in [-0.3, -0.25) is 0 Å². The highest BCUT2D eigenvalue weighted by Gasteiger charge is 2.26. The molecule has 0 saturated carbocycles. The minimum atomic E-state index is -0.265. The van der Waals surface area contributed by atoms with E-state index >= 15 is 0 Å². The summed E-state index contributed by atoms with van der Waals surface area (Å²) in [6.07, 6.45) is 10.7. The third kappa shape index (κ3) is 5.56. The summed E-state index contributed by atoms with van der Waals surface area (Å²) in [4.78, 5) is 19.2. The van der Waals surface area contributed by atoms with Gasteiger partial charge in [0.05, 0.1) is 10.7 Å². The average Bonchev–Trinajstić information content (AvgIpc) is 3.26. The van der Waals surface area contributed by atoms with Crippen LogP contribution in [0.25, 0.3) is 5.65 Å². The monoisotopic (exact) mass is 521 g/mol. The number of allylic oxidation sites excluding steroid dienone is 4. The van der Waals surface area contributed by atoms with Gasteiger partial charge in [0.2, 0.25) is 0 Å². The Kier molecular flexibility index (Phi) is 7.80. The highest BCUT2D eigenvalue weighted by atomic mass is 79.9. The number of fused-ring (bicyclic) bond motifs is 1. The lowest BCUT2D eigenvalue weighted by molar-refractivity contribution is 0.0868. The molecule has 4 rings (SSSR count). The summed E-state index contributed by atoms with van der Waals surface area (Å²) in [6.45, 7) is 7.27. The number of piperidine rings is 1. The lowest BCUT2D eigenvalue weighted by atomic mass is 9.93. The second-order valence-corrected chi connectivity index (χ2v) is 8.91. The van der Waals surface area contributed by atoms with Crippen LogP contribution in [0.4, 0.5) is 10.6 Å². The molecule has 0 atom stereocenters. The Labute approximate surface area is 208 Å². The largest absolute Gasteiger partial charge is 0.445 e. The number of nitrogens with zero attached hydrogens (tertiary/aromatic N) is 4. The van der Waals surface area contributed by atoms with Crippen LogP contribution >= 0.6 is 15.9 Å². The van der Waals surface area contributed by atoms with Crippen molar-refractivity contribution in [2.24, 2.45) is 0 Å². The molecule has 3 heterocycles. The van der Waals surface area contributed by atoms with Crippen LogP contribution in [0.2, 0.25) is 0 Å². The summed E-state index contributed by atoms with van der Waals surface area (Å²) in [5, 5.41) is 7.90. The van der Waals surface area contributed by atoms with Gasteiger partial charge >= 0.3 is 6.09 Å². The predicted octanol–water partition coefficient (Wildman–Crippen LogP) is 6.07. The molecule has 1 amide bonds. The third-order valence-electron chi connectivity index (χ3n) is 5.82. The zero-order valence-corrected chi connectivity index (χ0v) is 20.7. The number of amides is 1. The quantitative estimate of drug-likeness (QED) is 0.382. The Hall–Kier alpha value is -3.39. The van der Waals surface area contributed by atoms with E-state index in [9.17, 15) is 4.79 Å². The van der Waals surface area contributed by atoms with E-state index in [0.29, 0.717) is 13.1 Å². The molecule has 0 unspecified atom stereocenters. The number of hydrogen-bond donors (Lipinski definition) is 1. The fraction of sp³-hybridized carbons (Fsp3) is 0.269. The van der Waals surface area contributed by atoms with Crippen molar-refractivity contribution in [2.75, 3.05) is 18.4 Å². The molecule has 8 heteroatoms. The van der Waals surface area contributed by atoms with Crippen LogP contribution in [0, 0.1) is 0 Å². The van der Waals surface area contributed by atoms with E-state index in [2.05, 4.69) is 32.9 Å². The first-order valence-corrected chi connectivity index (χ1v) is 12.1. The highest BCUT2D eigenvalue weighted by molar-refractivity contribution is 9.10. The number of anilines is 1. The maximum absolute atomic E-state index is 12.5. The molecule has 7 nitrogen and oxygen atoms in total. The Morgan fingerprint density at radius 3 is 2.76 bits per heavy atom. The molecule has 1 saturated heterocycles. The van der Waals surface area contributed by atoms with Crippen molar-refractivity contribution in [3.63, 3.8) is 0 Å². The molecule has 1 fully saturated rings. The fourth-order valence-electron chi connectivity index (χ4n) is 3.95. The van der Waals surface area contributed by atoms with Crippen LogP contribution in [0.3, 0.4) is 0 Å². The molecular weight excluding hydrogens is 494 g/mol. The summed E-state index contributed by atoms with van der Waals surface area (Å²) in [5.41, 5.74) is 3.66. The van der Waals surface area contributed by atoms with Gasteiger partial charge in [0, 0.05) is 36.5 Å². The van der Waals surface area contributed by atoms with E-state index in [1.165, 1.54) is 0 Å². The van der Waals surface area contributed by atoms with Crippen molar-refractivity contribution in [3.8, 4) is 0 Å². The number of rotatable bonds is 7. The van der Waals surface area contributed by atoms with Crippen molar-refractivity contribution in [1.29, 1.82) is 0 Å². The van der Waals surface area contributed by atoms with Gasteiger partial charge in [0.15, 0.2) is 5.65 Å². The molecule has 1 aliphatic rings. The second kappa shape index (κ2) is 11.2. The maximum atomic E-state index is 12.5. The average molecular weight is 522 g/mol. The van der Waals surface area contributed by atoms with Crippen LogP contribution in [0.5, 0.6) is 0 Å². The first-order chi connectivity index (χ1) is 16.6. The molecule has 2 aromatic heterocycles. The summed E-state index contributed by atoms with van der Waals surface area (Å²) in [6, 6.07) is 11.8. The molecule has 0 spiro atoms. The zero-order valence-electron chi connectivity index (χ0n) is 19.2. The minimum Gasteiger partial charge on any atom is -0.445 e. The molecule has 1 aliphatic heterocycles. The van der Waals surface area contributed by atoms with E-state index in [1.807, 2.05) is 61.5 Å². The molecule has 34 heavy (non-hydrogen) atoms. The molecule has 0 aliphatic carbocycles. The lowest BCUT2D eigenvalue weighted by Crippen LogP contribution is -2.38. The van der Waals surface area contributed by atoms with Crippen LogP contribution in [-0.4, -0.2) is 38.7 Å². The number of hydrogen-bond acceptors (Lipinski definition) is 5. The summed E-state index contributed by atoms with van der Waals surface area (Å²) in [5.74, 6) is 1.07. The molecule has 0 radical (unpaired) electrons. The zero-order chi connectivity index (χ0) is 23.9. The van der Waals surface area contributed by atoms with Crippen molar-refractivity contribution in [3.05, 3.63) is 94.9 Å². The number of benzene rings is 1. The topological polar surface area (TPSA) is 71.8 Å². The van der Waals surface area contributed by atoms with E-state index in [-0.39, 0.29) is 18.6 Å². The molecule has 0 bridgehead atoms. The second-order valence-electron chi connectivity index (χ2n) is 8.06. The third-order valence-corrected chi connectivity index (χ3v) is 6.38. The number of likely N-dealkylation sites (tertiary alicyclic amines) is 1. The molecular formula is C26H28BrN5O2. The summed E-state index contributed by atoms with van der Waals surface area (Å²) >= 11 is 3.56. The van der Waals surface area contributed by atoms with E-state index in [4.69, 9.17) is 9.72 Å². The Balaban J connectivity index is 1.45. The molecule has 3 aromatic rings. The van der Waals surface area contributed by atoms with E-state index in [1.54, 1.807) is 21.7 Å². The predicted molar refractivity (Wildman–Crippen MR) is 138 cm³/mol. The molecule has 176 valence electrons. The van der Waals surface area contributed by atoms with E-state index < -0.39 is 0 Å². The first kappa shape index (κ1) is 23.8. The van der Waals surface area contributed by atoms with Gasteiger partial charge in [0.1, 0.15) is 12.4 Å². The first-order valence-electron chi connectivity index (χ1n) is 11.3. The van der Waals surface area contributed by atoms with Gasteiger partial charge in [0.25, 0.3) is 0 Å². The van der Waals surface area contributed by atoms with Crippen molar-refractivity contribution in [2.45, 2.75) is 32.3 Å². The van der Waals surface area contributed by atoms with Gasteiger partial charge in [-0.2, -0.15) is 9.61 Å². The van der Waals surface area contributed by atoms with Gasteiger partial charge in [-0.1, -0.05) is 55.1 Å². The minimum absolute atomic E-state index is 0.239. The van der Waals surface area contributed by atoms with Crippen molar-refractivity contribution >= 4 is 33.5 Å². The molecule has 1 N–H and O–H groups in total. The smallest absolute Gasteiger partial charge is 0.410 e. The van der Waals surface area contributed by atoms with Gasteiger partial charge < -0.3 is 15.0 Å². The summed E-state index contributed by atoms with van der Waals surface area (Å²) < 4.78 is 8.13. The standard InChI is InChI=1S/C26H28BrN5O2/c1-3-5-11-21(4-2)29-24-16-23(30-25-22(27)17-28-32(24)25)20-12-14-31(15-13-20)26(33)34-18-19-9-7-6-8-10-19/h3-11,16-17,20,29H,1,12-15,18H2,2H3/b11-5-,21-4+. The maximum Gasteiger partial charge on any atom is 0.410 e. The summed E-state index contributed by atoms with van der Waals surface area (Å²) in [7, 11) is 0. The van der Waals surface area contributed by atoms with Gasteiger partial charge in [-0.25, -0.2) is 9.78 Å². The van der Waals surface area contributed by atoms with Gasteiger partial charge in [-0.05, 0) is 47.3 Å². The fourth-order valence-corrected chi connectivity index (χ4v) is 4.30. The normalized spacial score (nSPS) is 15.1. The number of carbonyl (C=O) groups excluding carboxylic acids is 1. The Morgan fingerprint density at radius 2 is 2.06 bits per heavy atom. The van der Waals surface area contributed by atoms with Crippen molar-refractivity contribution < 1.29 is 9.53 Å². The van der Waals surface area contributed by atoms with Crippen LogP contribution in [0.1, 0.15) is 36.9 Å². The number of ether oxygens (including phenoxy) is 1. The van der Waals surface area contributed by atoms with Gasteiger partial charge in [-0.15, -0.1) is 0 Å².